The van der Waals surface area contributed by atoms with E-state index in [0.29, 0.717) is 6.61 Å². The zero-order valence-corrected chi connectivity index (χ0v) is 11.1. The summed E-state index contributed by atoms with van der Waals surface area (Å²) >= 11 is 4.92. The lowest BCUT2D eigenvalue weighted by molar-refractivity contribution is 0.277. The number of carbonyl (C=O) groups is 1. The van der Waals surface area contributed by atoms with E-state index in [2.05, 4.69) is 12.6 Å². The van der Waals surface area contributed by atoms with Crippen molar-refractivity contribution in [1.82, 2.24) is 0 Å². The number of carbonyl (C=O) groups excluding carboxylic acids is 1. The van der Waals surface area contributed by atoms with Crippen molar-refractivity contribution in [3.8, 4) is 5.75 Å². The maximum Gasteiger partial charge on any atom is 0.247 e. The molecule has 0 saturated heterocycles. The first kappa shape index (κ1) is 12.3. The second-order valence-electron chi connectivity index (χ2n) is 3.41. The van der Waals surface area contributed by atoms with Crippen molar-refractivity contribution in [2.24, 2.45) is 0 Å². The van der Waals surface area contributed by atoms with Crippen LogP contribution in [0.1, 0.15) is 6.92 Å². The van der Waals surface area contributed by atoms with Gasteiger partial charge < -0.3 is 4.74 Å². The quantitative estimate of drug-likeness (QED) is 0.658. The molecule has 0 saturated carbocycles. The van der Waals surface area contributed by atoms with E-state index in [1.165, 1.54) is 0 Å². The molecule has 88 valence electrons. The molecule has 2 rings (SSSR count). The maximum absolute atomic E-state index is 11.1. The largest absolute Gasteiger partial charge is 0.493 e. The molecule has 0 spiro atoms. The fourth-order valence-corrected chi connectivity index (χ4v) is 2.62. The minimum Gasteiger partial charge on any atom is -0.493 e. The number of rotatable bonds is 3. The van der Waals surface area contributed by atoms with Gasteiger partial charge in [0.2, 0.25) is 4.45 Å². The molecule has 0 atom stereocenters. The third-order valence-electron chi connectivity index (χ3n) is 2.34. The highest BCUT2D eigenvalue weighted by Crippen LogP contribution is 2.34. The summed E-state index contributed by atoms with van der Waals surface area (Å²) in [6.07, 6.45) is 0. The fourth-order valence-electron chi connectivity index (χ4n) is 1.71. The number of hydrogen-bond acceptors (Lipinski definition) is 3. The number of thiol groups is 1. The molecular formula is C13H12O2S2. The normalized spacial score (nSPS) is 10.5. The fraction of sp³-hybridized carbons (Fsp3) is 0.154. The van der Waals surface area contributed by atoms with Crippen molar-refractivity contribution in [3.05, 3.63) is 36.4 Å². The van der Waals surface area contributed by atoms with E-state index in [-0.39, 0.29) is 4.45 Å². The summed E-state index contributed by atoms with van der Waals surface area (Å²) < 4.78 is 5.36. The molecule has 0 N–H and O–H groups in total. The van der Waals surface area contributed by atoms with Crippen molar-refractivity contribution >= 4 is 39.6 Å². The van der Waals surface area contributed by atoms with E-state index in [4.69, 9.17) is 4.74 Å². The Hall–Kier alpha value is -1.13. The molecular weight excluding hydrogens is 252 g/mol. The second kappa shape index (κ2) is 5.47. The highest BCUT2D eigenvalue weighted by Gasteiger charge is 2.08. The first-order chi connectivity index (χ1) is 8.22. The van der Waals surface area contributed by atoms with Gasteiger partial charge in [0.25, 0.3) is 0 Å². The average Bonchev–Trinajstić information content (AvgIpc) is 2.32. The van der Waals surface area contributed by atoms with Crippen LogP contribution in [0.5, 0.6) is 5.75 Å². The van der Waals surface area contributed by atoms with Gasteiger partial charge in [0.1, 0.15) is 5.75 Å². The van der Waals surface area contributed by atoms with Crippen LogP contribution in [0.25, 0.3) is 10.8 Å². The van der Waals surface area contributed by atoms with E-state index in [0.717, 1.165) is 33.2 Å². The van der Waals surface area contributed by atoms with E-state index >= 15 is 0 Å². The molecule has 2 aromatic rings. The molecule has 0 heterocycles. The molecule has 0 fully saturated rings. The number of hydrogen-bond donors (Lipinski definition) is 1. The van der Waals surface area contributed by atoms with Crippen LogP contribution < -0.4 is 4.74 Å². The summed E-state index contributed by atoms with van der Waals surface area (Å²) in [6, 6.07) is 11.7. The van der Waals surface area contributed by atoms with E-state index < -0.39 is 0 Å². The number of ether oxygens (including phenoxy) is 1. The highest BCUT2D eigenvalue weighted by molar-refractivity contribution is 8.32. The Balaban J connectivity index is 2.57. The molecule has 0 aromatic heterocycles. The molecule has 2 nitrogen and oxygen atoms in total. The molecule has 0 unspecified atom stereocenters. The van der Waals surface area contributed by atoms with Gasteiger partial charge in [-0.15, -0.1) is 0 Å². The topological polar surface area (TPSA) is 26.3 Å². The van der Waals surface area contributed by atoms with Gasteiger partial charge in [-0.25, -0.2) is 0 Å². The summed E-state index contributed by atoms with van der Waals surface area (Å²) in [5.41, 5.74) is 0. The van der Waals surface area contributed by atoms with Crippen molar-refractivity contribution in [2.45, 2.75) is 11.8 Å². The minimum atomic E-state index is -0.209. The van der Waals surface area contributed by atoms with Gasteiger partial charge >= 0.3 is 0 Å². The summed E-state index contributed by atoms with van der Waals surface area (Å²) in [5, 5.41) is 2.04. The smallest absolute Gasteiger partial charge is 0.247 e. The van der Waals surface area contributed by atoms with Crippen molar-refractivity contribution < 1.29 is 9.53 Å². The number of benzene rings is 2. The third kappa shape index (κ3) is 2.76. The highest BCUT2D eigenvalue weighted by atomic mass is 32.2. The van der Waals surface area contributed by atoms with E-state index in [1.807, 2.05) is 43.3 Å². The molecule has 4 heteroatoms. The molecule has 0 aliphatic heterocycles. The van der Waals surface area contributed by atoms with Crippen LogP contribution in [0.4, 0.5) is 4.79 Å². The Labute approximate surface area is 110 Å². The molecule has 2 aromatic carbocycles. The number of fused-ring (bicyclic) bond motifs is 1. The monoisotopic (exact) mass is 264 g/mol. The van der Waals surface area contributed by atoms with Crippen LogP contribution in [0.3, 0.4) is 0 Å². The van der Waals surface area contributed by atoms with Crippen LogP contribution in [0.15, 0.2) is 41.3 Å². The average molecular weight is 264 g/mol. The predicted octanol–water partition coefficient (Wildman–Crippen LogP) is 4.38. The zero-order valence-electron chi connectivity index (χ0n) is 9.34. The molecule has 17 heavy (non-hydrogen) atoms. The Morgan fingerprint density at radius 2 is 1.94 bits per heavy atom. The SMILES string of the molecule is CCOc1ccc(SC(=O)S)c2ccccc12. The minimum absolute atomic E-state index is 0.209. The van der Waals surface area contributed by atoms with Gasteiger partial charge in [0.05, 0.1) is 6.61 Å². The summed E-state index contributed by atoms with van der Waals surface area (Å²) in [5.74, 6) is 0.846. The summed E-state index contributed by atoms with van der Waals surface area (Å²) in [7, 11) is 0. The van der Waals surface area contributed by atoms with Crippen LogP contribution >= 0.6 is 24.4 Å². The van der Waals surface area contributed by atoms with Crippen molar-refractivity contribution in [3.63, 3.8) is 0 Å². The maximum atomic E-state index is 11.1. The third-order valence-corrected chi connectivity index (χ3v) is 3.37. The number of thioether (sulfide) groups is 1. The molecule has 0 radical (unpaired) electrons. The first-order valence-electron chi connectivity index (χ1n) is 5.27. The van der Waals surface area contributed by atoms with Gasteiger partial charge in [0, 0.05) is 10.3 Å². The van der Waals surface area contributed by atoms with Gasteiger partial charge in [-0.2, -0.15) is 0 Å². The Morgan fingerprint density at radius 3 is 2.59 bits per heavy atom. The van der Waals surface area contributed by atoms with Crippen LogP contribution in [-0.2, 0) is 0 Å². The summed E-state index contributed by atoms with van der Waals surface area (Å²) in [4.78, 5) is 12.0. The summed E-state index contributed by atoms with van der Waals surface area (Å²) in [6.45, 7) is 2.58. The van der Waals surface area contributed by atoms with E-state index in [1.54, 1.807) is 0 Å². The molecule has 0 amide bonds. The van der Waals surface area contributed by atoms with Crippen LogP contribution in [-0.4, -0.2) is 11.1 Å². The van der Waals surface area contributed by atoms with Crippen molar-refractivity contribution in [1.29, 1.82) is 0 Å². The van der Waals surface area contributed by atoms with Gasteiger partial charge in [-0.1, -0.05) is 36.9 Å². The predicted molar refractivity (Wildman–Crippen MR) is 75.4 cm³/mol. The van der Waals surface area contributed by atoms with Crippen LogP contribution in [0, 0.1) is 0 Å². The Bertz CT molecular complexity index is 552. The lowest BCUT2D eigenvalue weighted by Crippen LogP contribution is -1.93. The lowest BCUT2D eigenvalue weighted by Gasteiger charge is -2.10. The Kier molecular flexibility index (Phi) is 3.97. The van der Waals surface area contributed by atoms with Crippen molar-refractivity contribution in [2.75, 3.05) is 6.61 Å². The van der Waals surface area contributed by atoms with Crippen LogP contribution in [0.2, 0.25) is 0 Å². The molecule has 0 aliphatic rings. The van der Waals surface area contributed by atoms with Gasteiger partial charge in [-0.3, -0.25) is 4.79 Å². The lowest BCUT2D eigenvalue weighted by atomic mass is 10.1. The first-order valence-corrected chi connectivity index (χ1v) is 6.54. The Morgan fingerprint density at radius 1 is 1.24 bits per heavy atom. The van der Waals surface area contributed by atoms with E-state index in [9.17, 15) is 4.79 Å². The van der Waals surface area contributed by atoms with Gasteiger partial charge in [0.15, 0.2) is 0 Å². The standard InChI is InChI=1S/C13H12O2S2/c1-2-15-11-7-8-12(17-13(14)16)10-6-4-3-5-9(10)11/h3-8H,2H2,1H3,(H,14,16). The zero-order chi connectivity index (χ0) is 12.3. The molecule has 0 bridgehead atoms. The second-order valence-corrected chi connectivity index (χ2v) is 5.13. The van der Waals surface area contributed by atoms with Gasteiger partial charge in [-0.05, 0) is 36.2 Å². The molecule has 0 aliphatic carbocycles.